The van der Waals surface area contributed by atoms with Crippen molar-refractivity contribution in [2.24, 2.45) is 10.8 Å². The van der Waals surface area contributed by atoms with E-state index in [1.165, 1.54) is 19.3 Å². The van der Waals surface area contributed by atoms with E-state index < -0.39 is 5.60 Å². The van der Waals surface area contributed by atoms with Crippen molar-refractivity contribution >= 4 is 0 Å². The van der Waals surface area contributed by atoms with Crippen molar-refractivity contribution < 1.29 is 5.11 Å². The molecule has 0 aromatic heterocycles. The zero-order valence-corrected chi connectivity index (χ0v) is 11.9. The highest BCUT2D eigenvalue weighted by Gasteiger charge is 2.38. The Hall–Kier alpha value is -0.0800. The summed E-state index contributed by atoms with van der Waals surface area (Å²) >= 11 is 0. The summed E-state index contributed by atoms with van der Waals surface area (Å²) in [5.41, 5.74) is 0.226. The number of rotatable bonds is 3. The third kappa shape index (κ3) is 4.84. The van der Waals surface area contributed by atoms with E-state index in [9.17, 15) is 5.11 Å². The van der Waals surface area contributed by atoms with Gasteiger partial charge in [-0.3, -0.25) is 0 Å². The van der Waals surface area contributed by atoms with Crippen LogP contribution in [0.2, 0.25) is 0 Å². The van der Waals surface area contributed by atoms with E-state index >= 15 is 0 Å². The first kappa shape index (κ1) is 14.0. The maximum absolute atomic E-state index is 9.75. The molecular formula is C14H29NO. The van der Waals surface area contributed by atoms with E-state index in [-0.39, 0.29) is 0 Å². The topological polar surface area (TPSA) is 32.3 Å². The molecule has 0 bridgehead atoms. The summed E-state index contributed by atoms with van der Waals surface area (Å²) in [7, 11) is 0. The lowest BCUT2D eigenvalue weighted by Gasteiger charge is -2.45. The quantitative estimate of drug-likeness (QED) is 0.777. The zero-order valence-electron chi connectivity index (χ0n) is 11.9. The van der Waals surface area contributed by atoms with Gasteiger partial charge in [0.2, 0.25) is 0 Å². The minimum atomic E-state index is -0.605. The molecule has 1 saturated carbocycles. The molecule has 1 aliphatic carbocycles. The summed E-state index contributed by atoms with van der Waals surface area (Å²) in [5, 5.41) is 13.3. The van der Waals surface area contributed by atoms with E-state index in [1.54, 1.807) is 0 Å². The predicted molar refractivity (Wildman–Crippen MR) is 69.5 cm³/mol. The monoisotopic (exact) mass is 227 g/mol. The van der Waals surface area contributed by atoms with Crippen molar-refractivity contribution in [3.63, 3.8) is 0 Å². The molecule has 1 rings (SSSR count). The molecule has 2 heteroatoms. The van der Waals surface area contributed by atoms with Gasteiger partial charge in [0.15, 0.2) is 0 Å². The molecule has 0 heterocycles. The minimum Gasteiger partial charge on any atom is -0.389 e. The van der Waals surface area contributed by atoms with Crippen LogP contribution in [0.15, 0.2) is 0 Å². The molecule has 96 valence electrons. The first-order chi connectivity index (χ1) is 6.99. The molecule has 0 spiro atoms. The summed E-state index contributed by atoms with van der Waals surface area (Å²) in [6.45, 7) is 13.8. The molecule has 16 heavy (non-hydrogen) atoms. The van der Waals surface area contributed by atoms with Gasteiger partial charge in [0, 0.05) is 12.6 Å². The second-order valence-electron chi connectivity index (χ2n) is 7.80. The van der Waals surface area contributed by atoms with Gasteiger partial charge >= 0.3 is 0 Å². The van der Waals surface area contributed by atoms with Gasteiger partial charge in [-0.05, 0) is 43.9 Å². The molecule has 0 radical (unpaired) electrons. The lowest BCUT2D eigenvalue weighted by Crippen LogP contribution is -2.47. The molecule has 0 amide bonds. The molecule has 1 fully saturated rings. The molecule has 1 aliphatic rings. The fourth-order valence-electron chi connectivity index (χ4n) is 3.38. The van der Waals surface area contributed by atoms with Crippen LogP contribution in [0, 0.1) is 10.8 Å². The Bertz CT molecular complexity index is 222. The first-order valence-electron chi connectivity index (χ1n) is 6.45. The number of nitrogens with one attached hydrogen (secondary N) is 1. The summed E-state index contributed by atoms with van der Waals surface area (Å²) in [6.07, 6.45) is 3.72. The van der Waals surface area contributed by atoms with Crippen LogP contribution in [0.3, 0.4) is 0 Å². The zero-order chi connectivity index (χ0) is 12.6. The average molecular weight is 227 g/mol. The molecule has 0 unspecified atom stereocenters. The standard InChI is InChI=1S/C14H29NO/c1-12(2)7-11(8-13(3,4)9-12)15-10-14(5,6)16/h11,15-16H,7-10H2,1-6H3. The van der Waals surface area contributed by atoms with Crippen LogP contribution in [-0.2, 0) is 0 Å². The van der Waals surface area contributed by atoms with Crippen molar-refractivity contribution in [2.75, 3.05) is 6.54 Å². The average Bonchev–Trinajstić information content (AvgIpc) is 1.93. The largest absolute Gasteiger partial charge is 0.389 e. The first-order valence-corrected chi connectivity index (χ1v) is 6.45. The van der Waals surface area contributed by atoms with Crippen LogP contribution in [0.1, 0.15) is 60.8 Å². The van der Waals surface area contributed by atoms with Gasteiger partial charge in [0.1, 0.15) is 0 Å². The molecular weight excluding hydrogens is 198 g/mol. The van der Waals surface area contributed by atoms with Gasteiger partial charge in [0.25, 0.3) is 0 Å². The normalized spacial score (nSPS) is 25.7. The SMILES string of the molecule is CC(C)(O)CNC1CC(C)(C)CC(C)(C)C1. The van der Waals surface area contributed by atoms with Crippen LogP contribution in [-0.4, -0.2) is 23.3 Å². The predicted octanol–water partition coefficient (Wildman–Crippen LogP) is 2.95. The van der Waals surface area contributed by atoms with Crippen molar-refractivity contribution in [3.8, 4) is 0 Å². The Morgan fingerprint density at radius 3 is 1.94 bits per heavy atom. The van der Waals surface area contributed by atoms with E-state index in [0.29, 0.717) is 23.4 Å². The molecule has 2 nitrogen and oxygen atoms in total. The second-order valence-corrected chi connectivity index (χ2v) is 7.80. The van der Waals surface area contributed by atoms with E-state index in [0.717, 1.165) is 0 Å². The van der Waals surface area contributed by atoms with Gasteiger partial charge in [-0.15, -0.1) is 0 Å². The second kappa shape index (κ2) is 4.30. The van der Waals surface area contributed by atoms with Crippen molar-refractivity contribution in [1.82, 2.24) is 5.32 Å². The Morgan fingerprint density at radius 2 is 1.56 bits per heavy atom. The van der Waals surface area contributed by atoms with Gasteiger partial charge < -0.3 is 10.4 Å². The van der Waals surface area contributed by atoms with Crippen LogP contribution in [0.25, 0.3) is 0 Å². The van der Waals surface area contributed by atoms with Crippen molar-refractivity contribution in [1.29, 1.82) is 0 Å². The number of aliphatic hydroxyl groups is 1. The van der Waals surface area contributed by atoms with Crippen LogP contribution < -0.4 is 5.32 Å². The molecule has 2 N–H and O–H groups in total. The van der Waals surface area contributed by atoms with Gasteiger partial charge in [-0.1, -0.05) is 27.7 Å². The summed E-state index contributed by atoms with van der Waals surface area (Å²) < 4.78 is 0. The highest BCUT2D eigenvalue weighted by molar-refractivity contribution is 4.92. The lowest BCUT2D eigenvalue weighted by atomic mass is 9.63. The highest BCUT2D eigenvalue weighted by atomic mass is 16.3. The highest BCUT2D eigenvalue weighted by Crippen LogP contribution is 2.45. The van der Waals surface area contributed by atoms with Crippen LogP contribution >= 0.6 is 0 Å². The summed E-state index contributed by atoms with van der Waals surface area (Å²) in [5.74, 6) is 0. The summed E-state index contributed by atoms with van der Waals surface area (Å²) in [4.78, 5) is 0. The third-order valence-corrected chi connectivity index (χ3v) is 3.38. The van der Waals surface area contributed by atoms with E-state index in [4.69, 9.17) is 0 Å². The maximum atomic E-state index is 9.75. The van der Waals surface area contributed by atoms with Crippen molar-refractivity contribution in [3.05, 3.63) is 0 Å². The molecule has 0 aliphatic heterocycles. The van der Waals surface area contributed by atoms with Gasteiger partial charge in [-0.25, -0.2) is 0 Å². The maximum Gasteiger partial charge on any atom is 0.0715 e. The van der Waals surface area contributed by atoms with Crippen LogP contribution in [0.5, 0.6) is 0 Å². The Kier molecular flexibility index (Phi) is 3.76. The van der Waals surface area contributed by atoms with E-state index in [1.807, 2.05) is 13.8 Å². The molecule has 0 aromatic carbocycles. The molecule has 0 aromatic rings. The van der Waals surface area contributed by atoms with Gasteiger partial charge in [-0.2, -0.15) is 0 Å². The van der Waals surface area contributed by atoms with Crippen molar-refractivity contribution in [2.45, 2.75) is 72.4 Å². The minimum absolute atomic E-state index is 0.416. The smallest absolute Gasteiger partial charge is 0.0715 e. The van der Waals surface area contributed by atoms with Crippen LogP contribution in [0.4, 0.5) is 0 Å². The lowest BCUT2D eigenvalue weighted by molar-refractivity contribution is 0.0496. The fourth-order valence-corrected chi connectivity index (χ4v) is 3.38. The number of hydrogen-bond donors (Lipinski definition) is 2. The van der Waals surface area contributed by atoms with E-state index in [2.05, 4.69) is 33.0 Å². The fraction of sp³-hybridized carbons (Fsp3) is 1.00. The number of hydrogen-bond acceptors (Lipinski definition) is 2. The molecule has 0 saturated heterocycles. The van der Waals surface area contributed by atoms with Gasteiger partial charge in [0.05, 0.1) is 5.60 Å². The summed E-state index contributed by atoms with van der Waals surface area (Å²) in [6, 6.07) is 0.546. The Morgan fingerprint density at radius 1 is 1.12 bits per heavy atom. The molecule has 0 atom stereocenters. The Labute approximate surface area is 101 Å². The Balaban J connectivity index is 2.55. The third-order valence-electron chi connectivity index (χ3n) is 3.38.